The lowest BCUT2D eigenvalue weighted by atomic mass is 10.2. The largest absolute Gasteiger partial charge is 0.481 e. The molecule has 0 radical (unpaired) electrons. The number of alkyl halides is 3. The van der Waals surface area contributed by atoms with Gasteiger partial charge in [0.25, 0.3) is 0 Å². The molecule has 1 aromatic rings. The van der Waals surface area contributed by atoms with Crippen molar-refractivity contribution in [2.45, 2.75) is 18.7 Å². The quantitative estimate of drug-likeness (QED) is 0.861. The zero-order valence-electron chi connectivity index (χ0n) is 8.67. The summed E-state index contributed by atoms with van der Waals surface area (Å²) in [5, 5.41) is 8.37. The molecule has 0 saturated carbocycles. The van der Waals surface area contributed by atoms with Gasteiger partial charge in [0.2, 0.25) is 6.10 Å². The first-order valence-electron chi connectivity index (χ1n) is 4.60. The Kier molecular flexibility index (Phi) is 4.55. The molecular formula is C10H7BrF4O3. The van der Waals surface area contributed by atoms with E-state index >= 15 is 0 Å². The number of carboxylic acid groups (broad SMARTS) is 1. The molecule has 100 valence electrons. The first-order chi connectivity index (χ1) is 8.20. The second-order valence-electron chi connectivity index (χ2n) is 3.32. The summed E-state index contributed by atoms with van der Waals surface area (Å²) in [5.74, 6) is -2.57. The Morgan fingerprint density at radius 2 is 2.06 bits per heavy atom. The molecule has 1 rings (SSSR count). The molecule has 3 nitrogen and oxygen atoms in total. The van der Waals surface area contributed by atoms with Gasteiger partial charge in [0.1, 0.15) is 11.6 Å². The van der Waals surface area contributed by atoms with Crippen LogP contribution in [0.25, 0.3) is 0 Å². The molecule has 0 saturated heterocycles. The second-order valence-corrected chi connectivity index (χ2v) is 4.18. The number of ether oxygens (including phenoxy) is 1. The van der Waals surface area contributed by atoms with Gasteiger partial charge in [-0.1, -0.05) is 0 Å². The number of halogens is 5. The SMILES string of the molecule is O=C(O)CC(Oc1ccc(F)c(Br)c1)C(F)(F)F. The van der Waals surface area contributed by atoms with E-state index in [1.807, 2.05) is 0 Å². The van der Waals surface area contributed by atoms with Crippen LogP contribution in [0, 0.1) is 5.82 Å². The van der Waals surface area contributed by atoms with Crippen molar-refractivity contribution in [2.24, 2.45) is 0 Å². The minimum atomic E-state index is -4.82. The van der Waals surface area contributed by atoms with Crippen LogP contribution in [0.5, 0.6) is 5.75 Å². The number of rotatable bonds is 4. The lowest BCUT2D eigenvalue weighted by molar-refractivity contribution is -0.200. The van der Waals surface area contributed by atoms with Crippen LogP contribution in [0.2, 0.25) is 0 Å². The number of hydrogen-bond donors (Lipinski definition) is 1. The van der Waals surface area contributed by atoms with Gasteiger partial charge >= 0.3 is 12.1 Å². The molecule has 0 aliphatic rings. The van der Waals surface area contributed by atoms with Gasteiger partial charge in [-0.25, -0.2) is 4.39 Å². The van der Waals surface area contributed by atoms with Crippen LogP contribution in [-0.4, -0.2) is 23.4 Å². The van der Waals surface area contributed by atoms with Gasteiger partial charge in [0.15, 0.2) is 0 Å². The van der Waals surface area contributed by atoms with Gasteiger partial charge < -0.3 is 9.84 Å². The molecule has 0 aliphatic carbocycles. The summed E-state index contributed by atoms with van der Waals surface area (Å²) in [6.45, 7) is 0. The highest BCUT2D eigenvalue weighted by molar-refractivity contribution is 9.10. The molecule has 8 heteroatoms. The minimum absolute atomic E-state index is 0.0729. The summed E-state index contributed by atoms with van der Waals surface area (Å²) in [7, 11) is 0. The van der Waals surface area contributed by atoms with Crippen molar-refractivity contribution in [3.05, 3.63) is 28.5 Å². The fraction of sp³-hybridized carbons (Fsp3) is 0.300. The van der Waals surface area contributed by atoms with E-state index < -0.39 is 30.5 Å². The molecule has 0 aliphatic heterocycles. The van der Waals surface area contributed by atoms with E-state index in [-0.39, 0.29) is 10.2 Å². The van der Waals surface area contributed by atoms with Gasteiger partial charge in [-0.2, -0.15) is 13.2 Å². The molecule has 0 aromatic heterocycles. The van der Waals surface area contributed by atoms with E-state index in [0.717, 1.165) is 18.2 Å². The first kappa shape index (κ1) is 14.7. The van der Waals surface area contributed by atoms with Crippen LogP contribution in [0.4, 0.5) is 17.6 Å². The van der Waals surface area contributed by atoms with Crippen molar-refractivity contribution in [1.82, 2.24) is 0 Å². The summed E-state index contributed by atoms with van der Waals surface area (Å²) >= 11 is 2.78. The predicted molar refractivity (Wildman–Crippen MR) is 56.8 cm³/mol. The summed E-state index contributed by atoms with van der Waals surface area (Å²) in [5.41, 5.74) is 0. The Labute approximate surface area is 107 Å². The number of carbonyl (C=O) groups is 1. The Morgan fingerprint density at radius 1 is 1.44 bits per heavy atom. The zero-order valence-corrected chi connectivity index (χ0v) is 10.3. The smallest absolute Gasteiger partial charge is 0.425 e. The van der Waals surface area contributed by atoms with E-state index in [0.29, 0.717) is 0 Å². The standard InChI is InChI=1S/C10H7BrF4O3/c11-6-3-5(1-2-7(6)12)18-8(4-9(16)17)10(13,14)15/h1-3,8H,4H2,(H,16,17). The van der Waals surface area contributed by atoms with Crippen LogP contribution in [-0.2, 0) is 4.79 Å². The molecule has 0 heterocycles. The molecule has 18 heavy (non-hydrogen) atoms. The van der Waals surface area contributed by atoms with E-state index in [1.165, 1.54) is 0 Å². The Bertz CT molecular complexity index is 447. The van der Waals surface area contributed by atoms with Crippen molar-refractivity contribution >= 4 is 21.9 Å². The van der Waals surface area contributed by atoms with Crippen LogP contribution in [0.3, 0.4) is 0 Å². The molecule has 1 N–H and O–H groups in total. The normalized spacial score (nSPS) is 13.2. The van der Waals surface area contributed by atoms with Crippen LogP contribution in [0.15, 0.2) is 22.7 Å². The summed E-state index contributed by atoms with van der Waals surface area (Å²) < 4.78 is 54.7. The van der Waals surface area contributed by atoms with Crippen molar-refractivity contribution in [3.8, 4) is 5.75 Å². The Hall–Kier alpha value is -1.31. The van der Waals surface area contributed by atoms with Crippen molar-refractivity contribution in [2.75, 3.05) is 0 Å². The van der Waals surface area contributed by atoms with Crippen molar-refractivity contribution in [1.29, 1.82) is 0 Å². The third kappa shape index (κ3) is 4.17. The molecule has 0 spiro atoms. The van der Waals surface area contributed by atoms with Crippen molar-refractivity contribution in [3.63, 3.8) is 0 Å². The minimum Gasteiger partial charge on any atom is -0.481 e. The molecule has 1 unspecified atom stereocenters. The third-order valence-electron chi connectivity index (χ3n) is 1.89. The number of carboxylic acids is 1. The monoisotopic (exact) mass is 330 g/mol. The van der Waals surface area contributed by atoms with Gasteiger partial charge in [-0.3, -0.25) is 4.79 Å². The van der Waals surface area contributed by atoms with Crippen LogP contribution < -0.4 is 4.74 Å². The molecule has 0 bridgehead atoms. The molecular weight excluding hydrogens is 324 g/mol. The third-order valence-corrected chi connectivity index (χ3v) is 2.50. The summed E-state index contributed by atoms with van der Waals surface area (Å²) in [6, 6.07) is 2.89. The van der Waals surface area contributed by atoms with Gasteiger partial charge in [0, 0.05) is 0 Å². The highest BCUT2D eigenvalue weighted by atomic mass is 79.9. The highest BCUT2D eigenvalue weighted by Gasteiger charge is 2.43. The molecule has 0 fully saturated rings. The summed E-state index contributed by atoms with van der Waals surface area (Å²) in [6.07, 6.45) is -8.52. The van der Waals surface area contributed by atoms with Crippen molar-refractivity contribution < 1.29 is 32.2 Å². The number of hydrogen-bond acceptors (Lipinski definition) is 2. The lowest BCUT2D eigenvalue weighted by Gasteiger charge is -2.20. The van der Waals surface area contributed by atoms with Gasteiger partial charge in [0.05, 0.1) is 10.9 Å². The molecule has 1 atom stereocenters. The topological polar surface area (TPSA) is 46.5 Å². The van der Waals surface area contributed by atoms with Crippen LogP contribution >= 0.6 is 15.9 Å². The maximum absolute atomic E-state index is 12.9. The Morgan fingerprint density at radius 3 is 2.50 bits per heavy atom. The summed E-state index contributed by atoms with van der Waals surface area (Å²) in [4.78, 5) is 10.3. The van der Waals surface area contributed by atoms with E-state index in [4.69, 9.17) is 5.11 Å². The lowest BCUT2D eigenvalue weighted by Crippen LogP contribution is -2.36. The average Bonchev–Trinajstić information content (AvgIpc) is 2.20. The number of aliphatic carboxylic acids is 1. The molecule has 1 aromatic carbocycles. The van der Waals surface area contributed by atoms with E-state index in [2.05, 4.69) is 20.7 Å². The first-order valence-corrected chi connectivity index (χ1v) is 5.39. The fourth-order valence-corrected chi connectivity index (χ4v) is 1.46. The van der Waals surface area contributed by atoms with Crippen LogP contribution in [0.1, 0.15) is 6.42 Å². The number of benzene rings is 1. The zero-order chi connectivity index (χ0) is 13.9. The maximum Gasteiger partial charge on any atom is 0.425 e. The van der Waals surface area contributed by atoms with Gasteiger partial charge in [-0.05, 0) is 34.1 Å². The maximum atomic E-state index is 12.9. The van der Waals surface area contributed by atoms with E-state index in [9.17, 15) is 22.4 Å². The predicted octanol–water partition coefficient (Wildman–Crippen LogP) is 3.37. The highest BCUT2D eigenvalue weighted by Crippen LogP contribution is 2.29. The fourth-order valence-electron chi connectivity index (χ4n) is 1.10. The molecule has 0 amide bonds. The average molecular weight is 331 g/mol. The second kappa shape index (κ2) is 5.55. The Balaban J connectivity index is 2.89. The van der Waals surface area contributed by atoms with Gasteiger partial charge in [-0.15, -0.1) is 0 Å². The van der Waals surface area contributed by atoms with E-state index in [1.54, 1.807) is 0 Å².